The van der Waals surface area contributed by atoms with Crippen molar-refractivity contribution in [2.45, 2.75) is 29.8 Å². The molecule has 0 fully saturated rings. The molecule has 0 amide bonds. The Kier molecular flexibility index (Phi) is 5.60. The minimum Gasteiger partial charge on any atom is -0.468 e. The second-order valence-corrected chi connectivity index (χ2v) is 9.35. The summed E-state index contributed by atoms with van der Waals surface area (Å²) in [6.45, 7) is 1.77. The molecule has 0 saturated carbocycles. The van der Waals surface area contributed by atoms with E-state index in [1.165, 1.54) is 42.3 Å². The largest absolute Gasteiger partial charge is 0.468 e. The van der Waals surface area contributed by atoms with E-state index in [1.807, 2.05) is 6.92 Å². The van der Waals surface area contributed by atoms with Crippen molar-refractivity contribution < 1.29 is 22.3 Å². The summed E-state index contributed by atoms with van der Waals surface area (Å²) in [6.07, 6.45) is 1.61. The first-order valence-corrected chi connectivity index (χ1v) is 11.4. The Labute approximate surface area is 185 Å². The molecule has 0 saturated heterocycles. The molecule has 7 nitrogen and oxygen atoms in total. The topological polar surface area (TPSA) is 83.2 Å². The number of hydrogen-bond donors (Lipinski definition) is 0. The summed E-state index contributed by atoms with van der Waals surface area (Å²) in [6, 6.07) is 12.5. The normalized spacial score (nSPS) is 11.8. The molecule has 166 valence electrons. The number of benzene rings is 2. The molecule has 0 unspecified atom stereocenters. The third kappa shape index (κ3) is 3.69. The van der Waals surface area contributed by atoms with E-state index in [-0.39, 0.29) is 22.9 Å². The Bertz CT molecular complexity index is 1420. The summed E-state index contributed by atoms with van der Waals surface area (Å²) < 4.78 is 48.8. The highest BCUT2D eigenvalue weighted by atomic mass is 32.2. The standard InChI is InChI=1S/C23H22FN3O4S/c1-15-18(19-11-16(24)9-10-21(19)27(15)13-22(28)31-3)12-20-23(26(2)14-25-20)32(29,30)17-7-5-4-6-8-17/h4-11,14H,12-13H2,1-3H3. The second kappa shape index (κ2) is 8.23. The zero-order valence-electron chi connectivity index (χ0n) is 17.9. The van der Waals surface area contributed by atoms with Crippen LogP contribution in [0.5, 0.6) is 0 Å². The van der Waals surface area contributed by atoms with Gasteiger partial charge in [-0.1, -0.05) is 18.2 Å². The zero-order valence-corrected chi connectivity index (χ0v) is 18.7. The van der Waals surface area contributed by atoms with E-state index < -0.39 is 21.6 Å². The van der Waals surface area contributed by atoms with Gasteiger partial charge in [0.2, 0.25) is 9.84 Å². The van der Waals surface area contributed by atoms with Gasteiger partial charge in [-0.15, -0.1) is 0 Å². The van der Waals surface area contributed by atoms with Crippen molar-refractivity contribution in [1.82, 2.24) is 14.1 Å². The van der Waals surface area contributed by atoms with Crippen LogP contribution in [0.1, 0.15) is 17.0 Å². The molecular weight excluding hydrogens is 433 g/mol. The van der Waals surface area contributed by atoms with Crippen molar-refractivity contribution in [3.8, 4) is 0 Å². The number of methoxy groups -OCH3 is 1. The maximum Gasteiger partial charge on any atom is 0.325 e. The van der Waals surface area contributed by atoms with Gasteiger partial charge in [0.15, 0.2) is 5.03 Å². The van der Waals surface area contributed by atoms with Crippen molar-refractivity contribution in [2.24, 2.45) is 7.05 Å². The maximum absolute atomic E-state index is 14.1. The highest BCUT2D eigenvalue weighted by Crippen LogP contribution is 2.31. The molecule has 0 spiro atoms. The molecule has 2 heterocycles. The van der Waals surface area contributed by atoms with Crippen LogP contribution in [0.15, 0.2) is 64.8 Å². The first-order chi connectivity index (χ1) is 15.2. The predicted molar refractivity (Wildman–Crippen MR) is 117 cm³/mol. The van der Waals surface area contributed by atoms with Crippen LogP contribution in [-0.2, 0) is 39.4 Å². The van der Waals surface area contributed by atoms with E-state index in [9.17, 15) is 17.6 Å². The number of imidazole rings is 1. The number of rotatable bonds is 6. The molecule has 0 aliphatic carbocycles. The maximum atomic E-state index is 14.1. The number of carbonyl (C=O) groups is 1. The van der Waals surface area contributed by atoms with Gasteiger partial charge in [0.25, 0.3) is 0 Å². The number of esters is 1. The molecule has 4 aromatic rings. The number of hydrogen-bond acceptors (Lipinski definition) is 5. The van der Waals surface area contributed by atoms with E-state index in [0.29, 0.717) is 27.9 Å². The molecule has 0 radical (unpaired) electrons. The minimum atomic E-state index is -3.82. The number of halogens is 1. The Hall–Kier alpha value is -3.46. The average Bonchev–Trinajstić information content (AvgIpc) is 3.27. The lowest BCUT2D eigenvalue weighted by Gasteiger charge is -2.09. The van der Waals surface area contributed by atoms with Gasteiger partial charge in [-0.25, -0.2) is 17.8 Å². The fourth-order valence-electron chi connectivity index (χ4n) is 3.96. The van der Waals surface area contributed by atoms with Gasteiger partial charge in [0, 0.05) is 30.1 Å². The van der Waals surface area contributed by atoms with Crippen LogP contribution in [0.25, 0.3) is 10.9 Å². The summed E-state index contributed by atoms with van der Waals surface area (Å²) >= 11 is 0. The second-order valence-electron chi connectivity index (χ2n) is 7.49. The van der Waals surface area contributed by atoms with Crippen molar-refractivity contribution in [2.75, 3.05) is 7.11 Å². The van der Waals surface area contributed by atoms with Gasteiger partial charge in [0.1, 0.15) is 12.4 Å². The van der Waals surface area contributed by atoms with Gasteiger partial charge in [-0.05, 0) is 42.8 Å². The van der Waals surface area contributed by atoms with Crippen LogP contribution in [-0.4, -0.2) is 35.6 Å². The third-order valence-electron chi connectivity index (χ3n) is 5.54. The van der Waals surface area contributed by atoms with E-state index in [1.54, 1.807) is 35.9 Å². The molecule has 0 bridgehead atoms. The van der Waals surface area contributed by atoms with Crippen LogP contribution in [0.3, 0.4) is 0 Å². The third-order valence-corrected chi connectivity index (χ3v) is 7.46. The summed E-state index contributed by atoms with van der Waals surface area (Å²) in [7, 11) is -0.894. The fraction of sp³-hybridized carbons (Fsp3) is 0.217. The van der Waals surface area contributed by atoms with Gasteiger partial charge in [-0.3, -0.25) is 4.79 Å². The number of aromatic nitrogens is 3. The van der Waals surface area contributed by atoms with E-state index in [4.69, 9.17) is 4.74 Å². The zero-order chi connectivity index (χ0) is 23.0. The predicted octanol–water partition coefficient (Wildman–Crippen LogP) is 3.42. The highest BCUT2D eigenvalue weighted by Gasteiger charge is 2.27. The molecule has 2 aromatic carbocycles. The molecule has 0 aliphatic heterocycles. The number of nitrogens with zero attached hydrogens (tertiary/aromatic N) is 3. The number of sulfone groups is 1. The lowest BCUT2D eigenvalue weighted by molar-refractivity contribution is -0.141. The number of ether oxygens (including phenoxy) is 1. The van der Waals surface area contributed by atoms with Crippen LogP contribution in [0, 0.1) is 12.7 Å². The Morgan fingerprint density at radius 2 is 1.88 bits per heavy atom. The molecule has 2 aromatic heterocycles. The van der Waals surface area contributed by atoms with Crippen LogP contribution in [0.4, 0.5) is 4.39 Å². The quantitative estimate of drug-likeness (QED) is 0.416. The smallest absolute Gasteiger partial charge is 0.325 e. The molecule has 0 N–H and O–H groups in total. The Morgan fingerprint density at radius 1 is 1.16 bits per heavy atom. The van der Waals surface area contributed by atoms with Gasteiger partial charge in [0.05, 0.1) is 24.0 Å². The lowest BCUT2D eigenvalue weighted by atomic mass is 10.1. The molecule has 4 rings (SSSR count). The van der Waals surface area contributed by atoms with Crippen LogP contribution >= 0.6 is 0 Å². The van der Waals surface area contributed by atoms with Crippen LogP contribution < -0.4 is 0 Å². The van der Waals surface area contributed by atoms with Gasteiger partial charge in [-0.2, -0.15) is 0 Å². The van der Waals surface area contributed by atoms with Crippen molar-refractivity contribution in [1.29, 1.82) is 0 Å². The lowest BCUT2D eigenvalue weighted by Crippen LogP contribution is -2.13. The van der Waals surface area contributed by atoms with Crippen molar-refractivity contribution in [3.63, 3.8) is 0 Å². The molecule has 0 aliphatic rings. The van der Waals surface area contributed by atoms with E-state index in [2.05, 4.69) is 4.98 Å². The summed E-state index contributed by atoms with van der Waals surface area (Å²) in [4.78, 5) is 16.5. The Balaban J connectivity index is 1.86. The van der Waals surface area contributed by atoms with Crippen molar-refractivity contribution >= 4 is 26.7 Å². The monoisotopic (exact) mass is 455 g/mol. The van der Waals surface area contributed by atoms with E-state index in [0.717, 1.165) is 0 Å². The number of aryl methyl sites for hydroxylation is 1. The molecule has 0 atom stereocenters. The fourth-order valence-corrected chi connectivity index (χ4v) is 5.56. The molecule has 9 heteroatoms. The SMILES string of the molecule is COC(=O)Cn1c(C)c(Cc2ncn(C)c2S(=O)(=O)c2ccccc2)c2cc(F)ccc21. The Morgan fingerprint density at radius 3 is 2.56 bits per heavy atom. The number of carbonyl (C=O) groups excluding carboxylic acids is 1. The van der Waals surface area contributed by atoms with Gasteiger partial charge < -0.3 is 13.9 Å². The first-order valence-electron chi connectivity index (χ1n) is 9.88. The summed E-state index contributed by atoms with van der Waals surface area (Å²) in [5.74, 6) is -0.863. The van der Waals surface area contributed by atoms with Crippen molar-refractivity contribution in [3.05, 3.63) is 77.6 Å². The summed E-state index contributed by atoms with van der Waals surface area (Å²) in [5, 5.41) is 0.675. The minimum absolute atomic E-state index is 0.0398. The first kappa shape index (κ1) is 21.8. The molecular formula is C23H22FN3O4S. The van der Waals surface area contributed by atoms with E-state index >= 15 is 0 Å². The number of fused-ring (bicyclic) bond motifs is 1. The van der Waals surface area contributed by atoms with Crippen LogP contribution in [0.2, 0.25) is 0 Å². The van der Waals surface area contributed by atoms with Gasteiger partial charge >= 0.3 is 5.97 Å². The average molecular weight is 456 g/mol. The molecule has 32 heavy (non-hydrogen) atoms. The summed E-state index contributed by atoms with van der Waals surface area (Å²) in [5.41, 5.74) is 2.42. The highest BCUT2D eigenvalue weighted by molar-refractivity contribution is 7.91.